The van der Waals surface area contributed by atoms with Gasteiger partial charge in [0.2, 0.25) is 0 Å². The third kappa shape index (κ3) is 5.06. The summed E-state index contributed by atoms with van der Waals surface area (Å²) in [4.78, 5) is 24.6. The third-order valence-electron chi connectivity index (χ3n) is 2.90. The number of amides is 2. The molecule has 2 N–H and O–H groups in total. The van der Waals surface area contributed by atoms with Gasteiger partial charge in [-0.05, 0) is 34.6 Å². The minimum Gasteiger partial charge on any atom is -0.481 e. The van der Waals surface area contributed by atoms with E-state index in [1.165, 1.54) is 0 Å². The van der Waals surface area contributed by atoms with E-state index in [9.17, 15) is 9.59 Å². The summed E-state index contributed by atoms with van der Waals surface area (Å²) in [6.45, 7) is 10.2. The van der Waals surface area contributed by atoms with Crippen LogP contribution in [0.15, 0.2) is 0 Å². The Hall–Kier alpha value is -1.30. The van der Waals surface area contributed by atoms with Crippen LogP contribution in [0.1, 0.15) is 41.0 Å². The van der Waals surface area contributed by atoms with Gasteiger partial charge in [0.15, 0.2) is 0 Å². The number of hydrogen-bond donors (Lipinski definition) is 2. The maximum absolute atomic E-state index is 12.2. The standard InChI is InChI=1S/C13H24N2O4/c1-9-7-15(8-13(4,5)19-9)11(18)14-12(2,3)6-10(16)17/h9H,6-8H2,1-5H3,(H,14,18)(H,16,17). The number of carboxylic acid groups (broad SMARTS) is 1. The molecule has 0 aliphatic carbocycles. The van der Waals surface area contributed by atoms with Crippen LogP contribution < -0.4 is 5.32 Å². The number of urea groups is 1. The molecule has 2 amide bonds. The van der Waals surface area contributed by atoms with Crippen LogP contribution in [-0.4, -0.2) is 52.3 Å². The van der Waals surface area contributed by atoms with E-state index < -0.39 is 11.5 Å². The highest BCUT2D eigenvalue weighted by atomic mass is 16.5. The van der Waals surface area contributed by atoms with Crippen molar-refractivity contribution in [3.05, 3.63) is 0 Å². The molecule has 1 heterocycles. The fourth-order valence-corrected chi connectivity index (χ4v) is 2.40. The zero-order valence-corrected chi connectivity index (χ0v) is 12.3. The Morgan fingerprint density at radius 2 is 2.05 bits per heavy atom. The average molecular weight is 272 g/mol. The van der Waals surface area contributed by atoms with Gasteiger partial charge in [-0.15, -0.1) is 0 Å². The number of aliphatic carboxylic acids is 1. The molecule has 1 fully saturated rings. The molecular formula is C13H24N2O4. The summed E-state index contributed by atoms with van der Waals surface area (Å²) >= 11 is 0. The number of hydrogen-bond acceptors (Lipinski definition) is 3. The molecule has 110 valence electrons. The molecule has 0 radical (unpaired) electrons. The molecule has 0 aromatic carbocycles. The molecule has 6 heteroatoms. The van der Waals surface area contributed by atoms with Crippen molar-refractivity contribution in [2.75, 3.05) is 13.1 Å². The van der Waals surface area contributed by atoms with Crippen LogP contribution >= 0.6 is 0 Å². The number of nitrogens with zero attached hydrogens (tertiary/aromatic N) is 1. The van der Waals surface area contributed by atoms with Crippen molar-refractivity contribution < 1.29 is 19.4 Å². The summed E-state index contributed by atoms with van der Waals surface area (Å²) in [5, 5.41) is 11.6. The molecule has 1 aliphatic heterocycles. The van der Waals surface area contributed by atoms with Gasteiger partial charge in [0, 0.05) is 12.1 Å². The second-order valence-electron chi connectivity index (χ2n) is 6.45. The minimum absolute atomic E-state index is 0.0305. The Bertz CT molecular complexity index is 366. The van der Waals surface area contributed by atoms with Crippen molar-refractivity contribution in [3.8, 4) is 0 Å². The Morgan fingerprint density at radius 3 is 2.53 bits per heavy atom. The molecule has 0 spiro atoms. The monoisotopic (exact) mass is 272 g/mol. The maximum Gasteiger partial charge on any atom is 0.318 e. The Morgan fingerprint density at radius 1 is 1.47 bits per heavy atom. The summed E-state index contributed by atoms with van der Waals surface area (Å²) in [6, 6.07) is -0.241. The highest BCUT2D eigenvalue weighted by Gasteiger charge is 2.35. The quantitative estimate of drug-likeness (QED) is 0.815. The average Bonchev–Trinajstić information content (AvgIpc) is 2.10. The van der Waals surface area contributed by atoms with E-state index in [1.54, 1.807) is 18.7 Å². The predicted molar refractivity (Wildman–Crippen MR) is 71.1 cm³/mol. The minimum atomic E-state index is -0.930. The molecule has 0 bridgehead atoms. The van der Waals surface area contributed by atoms with Gasteiger partial charge in [0.05, 0.1) is 24.7 Å². The van der Waals surface area contributed by atoms with Crippen molar-refractivity contribution in [2.45, 2.75) is 58.3 Å². The largest absolute Gasteiger partial charge is 0.481 e. The van der Waals surface area contributed by atoms with E-state index in [4.69, 9.17) is 9.84 Å². The van der Waals surface area contributed by atoms with Crippen LogP contribution in [0.4, 0.5) is 4.79 Å². The van der Waals surface area contributed by atoms with Gasteiger partial charge in [0.25, 0.3) is 0 Å². The lowest BCUT2D eigenvalue weighted by molar-refractivity contribution is -0.138. The Labute approximate surface area is 114 Å². The van der Waals surface area contributed by atoms with Gasteiger partial charge in [0.1, 0.15) is 0 Å². The van der Waals surface area contributed by atoms with Crippen LogP contribution in [0, 0.1) is 0 Å². The van der Waals surface area contributed by atoms with Gasteiger partial charge in [-0.25, -0.2) is 4.79 Å². The summed E-state index contributed by atoms with van der Waals surface area (Å²) in [7, 11) is 0. The predicted octanol–water partition coefficient (Wildman–Crippen LogP) is 1.45. The highest BCUT2D eigenvalue weighted by molar-refractivity contribution is 5.77. The Balaban J connectivity index is 2.65. The van der Waals surface area contributed by atoms with Crippen molar-refractivity contribution >= 4 is 12.0 Å². The van der Waals surface area contributed by atoms with Crippen molar-refractivity contribution in [3.63, 3.8) is 0 Å². The van der Waals surface area contributed by atoms with Crippen molar-refractivity contribution in [2.24, 2.45) is 0 Å². The lowest BCUT2D eigenvalue weighted by Crippen LogP contribution is -2.59. The number of carbonyl (C=O) groups excluding carboxylic acids is 1. The molecule has 0 saturated carbocycles. The second kappa shape index (κ2) is 5.36. The fourth-order valence-electron chi connectivity index (χ4n) is 2.40. The molecule has 1 aliphatic rings. The molecule has 1 saturated heterocycles. The zero-order valence-electron chi connectivity index (χ0n) is 12.3. The number of carbonyl (C=O) groups is 2. The Kier molecular flexibility index (Phi) is 4.45. The smallest absolute Gasteiger partial charge is 0.318 e. The number of nitrogens with one attached hydrogen (secondary N) is 1. The summed E-state index contributed by atoms with van der Waals surface area (Å²) < 4.78 is 5.73. The fraction of sp³-hybridized carbons (Fsp3) is 0.846. The molecule has 1 unspecified atom stereocenters. The van der Waals surface area contributed by atoms with E-state index in [0.717, 1.165) is 0 Å². The SMILES string of the molecule is CC1CN(C(=O)NC(C)(C)CC(=O)O)CC(C)(C)O1. The second-order valence-corrected chi connectivity index (χ2v) is 6.45. The van der Waals surface area contributed by atoms with E-state index in [-0.39, 0.29) is 24.2 Å². The number of rotatable bonds is 3. The van der Waals surface area contributed by atoms with E-state index >= 15 is 0 Å². The molecule has 6 nitrogen and oxygen atoms in total. The van der Waals surface area contributed by atoms with E-state index in [2.05, 4.69) is 5.32 Å². The molecule has 1 rings (SSSR count). The molecule has 19 heavy (non-hydrogen) atoms. The van der Waals surface area contributed by atoms with Gasteiger partial charge >= 0.3 is 12.0 Å². The summed E-state index contributed by atoms with van der Waals surface area (Å²) in [5.41, 5.74) is -1.15. The number of ether oxygens (including phenoxy) is 1. The lowest BCUT2D eigenvalue weighted by Gasteiger charge is -2.42. The van der Waals surface area contributed by atoms with Gasteiger partial charge in [-0.1, -0.05) is 0 Å². The summed E-state index contributed by atoms with van der Waals surface area (Å²) in [5.74, 6) is -0.930. The zero-order chi connectivity index (χ0) is 14.8. The van der Waals surface area contributed by atoms with Crippen molar-refractivity contribution in [1.82, 2.24) is 10.2 Å². The van der Waals surface area contributed by atoms with Crippen LogP contribution in [-0.2, 0) is 9.53 Å². The third-order valence-corrected chi connectivity index (χ3v) is 2.90. The molecule has 1 atom stereocenters. The first-order valence-corrected chi connectivity index (χ1v) is 6.47. The van der Waals surface area contributed by atoms with Gasteiger partial charge < -0.3 is 20.1 Å². The molecule has 0 aromatic heterocycles. The topological polar surface area (TPSA) is 78.9 Å². The first-order chi connectivity index (χ1) is 8.51. The van der Waals surface area contributed by atoms with E-state index in [1.807, 2.05) is 20.8 Å². The lowest BCUT2D eigenvalue weighted by atomic mass is 10.0. The maximum atomic E-state index is 12.2. The first kappa shape index (κ1) is 15.8. The number of morpholine rings is 1. The van der Waals surface area contributed by atoms with Crippen molar-refractivity contribution in [1.29, 1.82) is 0 Å². The van der Waals surface area contributed by atoms with Crippen LogP contribution in [0.2, 0.25) is 0 Å². The molecular weight excluding hydrogens is 248 g/mol. The van der Waals surface area contributed by atoms with Crippen LogP contribution in [0.25, 0.3) is 0 Å². The first-order valence-electron chi connectivity index (χ1n) is 6.47. The highest BCUT2D eigenvalue weighted by Crippen LogP contribution is 2.21. The van der Waals surface area contributed by atoms with Gasteiger partial charge in [-0.3, -0.25) is 4.79 Å². The van der Waals surface area contributed by atoms with Gasteiger partial charge in [-0.2, -0.15) is 0 Å². The van der Waals surface area contributed by atoms with E-state index in [0.29, 0.717) is 13.1 Å². The van der Waals surface area contributed by atoms with Crippen LogP contribution in [0.5, 0.6) is 0 Å². The van der Waals surface area contributed by atoms with Crippen LogP contribution in [0.3, 0.4) is 0 Å². The molecule has 0 aromatic rings. The number of carboxylic acids is 1. The summed E-state index contributed by atoms with van der Waals surface area (Å²) in [6.07, 6.45) is -0.140. The normalized spacial score (nSPS) is 23.0.